The van der Waals surface area contributed by atoms with E-state index >= 15 is 0 Å². The Labute approximate surface area is 195 Å². The Morgan fingerprint density at radius 2 is 0.719 bits per heavy atom. The van der Waals surface area contributed by atoms with Crippen LogP contribution in [-0.2, 0) is 9.49 Å². The average molecular weight is 453 g/mol. The van der Waals surface area contributed by atoms with E-state index in [1.165, 1.54) is 21.6 Å². The van der Waals surface area contributed by atoms with Gasteiger partial charge in [0, 0.05) is 11.1 Å². The molecule has 1 aliphatic rings. The molecule has 2 nitrogen and oxygen atoms in total. The molecular formula is C28H20O2S2. The average Bonchev–Trinajstić information content (AvgIpc) is 2.86. The van der Waals surface area contributed by atoms with Crippen molar-refractivity contribution < 1.29 is 9.59 Å². The predicted octanol–water partition coefficient (Wildman–Crippen LogP) is 6.94. The van der Waals surface area contributed by atoms with Gasteiger partial charge >= 0.3 is 0 Å². The molecular weight excluding hydrogens is 432 g/mol. The first-order chi connectivity index (χ1) is 15.7. The molecule has 0 radical (unpaired) electrons. The van der Waals surface area contributed by atoms with Crippen LogP contribution in [0, 0.1) is 0 Å². The lowest BCUT2D eigenvalue weighted by molar-refractivity contribution is 0.0820. The van der Waals surface area contributed by atoms with Gasteiger partial charge in [0.05, 0.1) is 0 Å². The lowest BCUT2D eigenvalue weighted by Gasteiger charge is -2.55. The van der Waals surface area contributed by atoms with Gasteiger partial charge in [0.1, 0.15) is 9.49 Å². The van der Waals surface area contributed by atoms with Crippen LogP contribution in [0.5, 0.6) is 0 Å². The molecule has 156 valence electrons. The van der Waals surface area contributed by atoms with Crippen molar-refractivity contribution in [3.8, 4) is 0 Å². The second-order valence-corrected chi connectivity index (χ2v) is 10.2. The number of hydrogen-bond acceptors (Lipinski definition) is 4. The summed E-state index contributed by atoms with van der Waals surface area (Å²) >= 11 is 0. The van der Waals surface area contributed by atoms with E-state index in [-0.39, 0.29) is 11.6 Å². The molecule has 1 aliphatic heterocycles. The van der Waals surface area contributed by atoms with E-state index in [0.29, 0.717) is 11.1 Å². The summed E-state index contributed by atoms with van der Waals surface area (Å²) in [5.41, 5.74) is 2.88. The molecule has 32 heavy (non-hydrogen) atoms. The van der Waals surface area contributed by atoms with E-state index in [1.807, 2.05) is 121 Å². The van der Waals surface area contributed by atoms with Gasteiger partial charge in [-0.25, -0.2) is 0 Å². The van der Waals surface area contributed by atoms with Gasteiger partial charge < -0.3 is 0 Å². The fourth-order valence-electron chi connectivity index (χ4n) is 4.30. The number of rotatable bonds is 6. The molecule has 4 aromatic rings. The molecule has 0 bridgehead atoms. The van der Waals surface area contributed by atoms with Crippen molar-refractivity contribution in [2.75, 3.05) is 0 Å². The summed E-state index contributed by atoms with van der Waals surface area (Å²) in [6.07, 6.45) is 0. The van der Waals surface area contributed by atoms with Gasteiger partial charge in [-0.3, -0.25) is 9.59 Å². The van der Waals surface area contributed by atoms with Crippen LogP contribution in [0.25, 0.3) is 0 Å². The maximum Gasteiger partial charge on any atom is 0.186 e. The Balaban J connectivity index is 1.81. The minimum absolute atomic E-state index is 0.0545. The Bertz CT molecular complexity index is 1140. The zero-order valence-corrected chi connectivity index (χ0v) is 18.8. The van der Waals surface area contributed by atoms with Crippen LogP contribution in [0.2, 0.25) is 0 Å². The quantitative estimate of drug-likeness (QED) is 0.234. The normalized spacial score (nSPS) is 22.0. The van der Waals surface area contributed by atoms with Gasteiger partial charge in [0.2, 0.25) is 0 Å². The zero-order valence-electron chi connectivity index (χ0n) is 17.2. The van der Waals surface area contributed by atoms with E-state index in [1.54, 1.807) is 0 Å². The van der Waals surface area contributed by atoms with Crippen molar-refractivity contribution in [2.24, 2.45) is 0 Å². The van der Waals surface area contributed by atoms with Crippen LogP contribution < -0.4 is 0 Å². The van der Waals surface area contributed by atoms with E-state index < -0.39 is 9.49 Å². The molecule has 0 aliphatic carbocycles. The first-order valence-electron chi connectivity index (χ1n) is 10.4. The Kier molecular flexibility index (Phi) is 5.50. The van der Waals surface area contributed by atoms with Crippen molar-refractivity contribution in [2.45, 2.75) is 9.49 Å². The second-order valence-electron chi connectivity index (χ2n) is 7.65. The van der Waals surface area contributed by atoms with E-state index in [9.17, 15) is 9.59 Å². The topological polar surface area (TPSA) is 34.1 Å². The van der Waals surface area contributed by atoms with Crippen molar-refractivity contribution in [3.63, 3.8) is 0 Å². The van der Waals surface area contributed by atoms with E-state index in [2.05, 4.69) is 0 Å². The summed E-state index contributed by atoms with van der Waals surface area (Å²) in [5, 5.41) is 0. The summed E-state index contributed by atoms with van der Waals surface area (Å²) in [4.78, 5) is 28.6. The van der Waals surface area contributed by atoms with E-state index in [4.69, 9.17) is 0 Å². The Morgan fingerprint density at radius 3 is 1.00 bits per heavy atom. The van der Waals surface area contributed by atoms with Gasteiger partial charge in [-0.05, 0) is 11.1 Å². The van der Waals surface area contributed by atoms with Crippen LogP contribution >= 0.6 is 21.6 Å². The largest absolute Gasteiger partial charge is 0.292 e. The van der Waals surface area contributed by atoms with Crippen LogP contribution in [-0.4, -0.2) is 11.6 Å². The van der Waals surface area contributed by atoms with Crippen molar-refractivity contribution in [1.82, 2.24) is 0 Å². The van der Waals surface area contributed by atoms with E-state index in [0.717, 1.165) is 11.1 Å². The summed E-state index contributed by atoms with van der Waals surface area (Å²) < 4.78 is -2.18. The van der Waals surface area contributed by atoms with Crippen LogP contribution in [0.1, 0.15) is 31.8 Å². The third kappa shape index (κ3) is 3.06. The summed E-state index contributed by atoms with van der Waals surface area (Å²) in [6.45, 7) is 0. The smallest absolute Gasteiger partial charge is 0.186 e. The molecule has 4 heteroatoms. The number of benzene rings is 4. The van der Waals surface area contributed by atoms with Crippen molar-refractivity contribution >= 4 is 33.2 Å². The molecule has 0 saturated carbocycles. The molecule has 0 unspecified atom stereocenters. The maximum atomic E-state index is 14.3. The third-order valence-electron chi connectivity index (χ3n) is 5.86. The number of carbonyl (C=O) groups excluding carboxylic acids is 2. The molecule has 1 saturated heterocycles. The second kappa shape index (κ2) is 8.45. The summed E-state index contributed by atoms with van der Waals surface area (Å²) in [5.74, 6) is -0.109. The maximum absolute atomic E-state index is 14.3. The monoisotopic (exact) mass is 452 g/mol. The highest BCUT2D eigenvalue weighted by Gasteiger charge is 2.71. The van der Waals surface area contributed by atoms with Gasteiger partial charge in [0.25, 0.3) is 0 Å². The Morgan fingerprint density at radius 1 is 0.438 bits per heavy atom. The number of Topliss-reactive ketones (excluding diaryl/α,β-unsaturated/α-hetero) is 2. The van der Waals surface area contributed by atoms with Crippen LogP contribution in [0.4, 0.5) is 0 Å². The van der Waals surface area contributed by atoms with Crippen molar-refractivity contribution in [1.29, 1.82) is 0 Å². The third-order valence-corrected chi connectivity index (χ3v) is 9.78. The number of ketones is 2. The SMILES string of the molecule is O=C(c1ccccc1)[C@]1(c2ccccc2)SS[C@@]1(C(=O)c1ccccc1)c1ccccc1. The number of carbonyl (C=O) groups is 2. The first-order valence-corrected chi connectivity index (χ1v) is 12.5. The fraction of sp³-hybridized carbons (Fsp3) is 0.0714. The molecule has 0 N–H and O–H groups in total. The molecule has 1 fully saturated rings. The molecule has 0 aromatic heterocycles. The van der Waals surface area contributed by atoms with Gasteiger partial charge in [-0.15, -0.1) is 0 Å². The minimum Gasteiger partial charge on any atom is -0.292 e. The standard InChI is InChI=1S/C28H20O2S2/c29-25(21-13-5-1-6-14-21)27(23-17-9-3-10-18-23)28(32-31-27,24-19-11-4-12-20-24)26(30)22-15-7-2-8-16-22/h1-20H/t27-,28+. The lowest BCUT2D eigenvalue weighted by atomic mass is 9.71. The van der Waals surface area contributed by atoms with Crippen LogP contribution in [0.3, 0.4) is 0 Å². The Hall–Kier alpha value is -3.08. The highest BCUT2D eigenvalue weighted by Crippen LogP contribution is 2.75. The van der Waals surface area contributed by atoms with Crippen LogP contribution in [0.15, 0.2) is 121 Å². The van der Waals surface area contributed by atoms with Gasteiger partial charge in [0.15, 0.2) is 11.6 Å². The highest BCUT2D eigenvalue weighted by molar-refractivity contribution is 8.80. The zero-order chi connectivity index (χ0) is 22.0. The minimum atomic E-state index is -1.09. The molecule has 4 aromatic carbocycles. The molecule has 0 amide bonds. The summed E-state index contributed by atoms with van der Waals surface area (Å²) in [6, 6.07) is 38.0. The fourth-order valence-corrected chi connectivity index (χ4v) is 8.27. The van der Waals surface area contributed by atoms with Gasteiger partial charge in [-0.1, -0.05) is 143 Å². The molecule has 1 heterocycles. The molecule has 2 atom stereocenters. The van der Waals surface area contributed by atoms with Crippen molar-refractivity contribution in [3.05, 3.63) is 144 Å². The predicted molar refractivity (Wildman–Crippen MR) is 133 cm³/mol. The number of hydrogen-bond donors (Lipinski definition) is 0. The molecule has 5 rings (SSSR count). The first kappa shape index (κ1) is 20.8. The molecule has 0 spiro atoms. The van der Waals surface area contributed by atoms with Gasteiger partial charge in [-0.2, -0.15) is 0 Å². The lowest BCUT2D eigenvalue weighted by Crippen LogP contribution is -2.59. The highest BCUT2D eigenvalue weighted by atomic mass is 33.1. The summed E-state index contributed by atoms with van der Waals surface area (Å²) in [7, 11) is 2.96.